The molecule has 2 aromatic rings. The topological polar surface area (TPSA) is 76.7 Å². The number of ether oxygens (including phenoxy) is 2. The zero-order valence-corrected chi connectivity index (χ0v) is 14.7. The number of amides is 2. The Morgan fingerprint density at radius 2 is 1.85 bits per heavy atom. The van der Waals surface area contributed by atoms with E-state index in [0.717, 1.165) is 19.4 Å². The van der Waals surface area contributed by atoms with Gasteiger partial charge in [0.1, 0.15) is 12.4 Å². The lowest BCUT2D eigenvalue weighted by atomic mass is 10.2. The molecule has 1 aliphatic heterocycles. The van der Waals surface area contributed by atoms with Gasteiger partial charge >= 0.3 is 0 Å². The number of hydrogen-bond acceptors (Lipinski definition) is 4. The van der Waals surface area contributed by atoms with Crippen molar-refractivity contribution in [1.29, 1.82) is 0 Å². The minimum absolute atomic E-state index is 0.134. The number of anilines is 2. The Labute approximate surface area is 152 Å². The lowest BCUT2D eigenvalue weighted by molar-refractivity contribution is -0.114. The van der Waals surface area contributed by atoms with E-state index in [2.05, 4.69) is 10.6 Å². The second kappa shape index (κ2) is 8.49. The van der Waals surface area contributed by atoms with E-state index in [9.17, 15) is 9.59 Å². The standard InChI is InChI=1S/C20H22N2O4/c1-14(23)21-16-7-9-17(10-8-16)22-20(24)15-4-2-5-18(12-15)26-13-19-6-3-11-25-19/h2,4-5,7-10,12,19H,3,6,11,13H2,1H3,(H,21,23)(H,22,24). The summed E-state index contributed by atoms with van der Waals surface area (Å²) >= 11 is 0. The lowest BCUT2D eigenvalue weighted by Gasteiger charge is -2.12. The molecule has 0 aromatic heterocycles. The van der Waals surface area contributed by atoms with Crippen LogP contribution in [0.25, 0.3) is 0 Å². The van der Waals surface area contributed by atoms with E-state index < -0.39 is 0 Å². The zero-order valence-electron chi connectivity index (χ0n) is 14.7. The van der Waals surface area contributed by atoms with Gasteiger partial charge in [-0.15, -0.1) is 0 Å². The molecule has 2 aromatic carbocycles. The molecule has 26 heavy (non-hydrogen) atoms. The summed E-state index contributed by atoms with van der Waals surface area (Å²) in [5.74, 6) is 0.288. The van der Waals surface area contributed by atoms with Gasteiger partial charge in [0.2, 0.25) is 5.91 Å². The first-order chi connectivity index (χ1) is 12.6. The van der Waals surface area contributed by atoms with E-state index in [1.807, 2.05) is 6.07 Å². The van der Waals surface area contributed by atoms with Crippen molar-refractivity contribution in [2.45, 2.75) is 25.9 Å². The van der Waals surface area contributed by atoms with Gasteiger partial charge in [0.15, 0.2) is 0 Å². The first-order valence-electron chi connectivity index (χ1n) is 8.63. The maximum Gasteiger partial charge on any atom is 0.255 e. The molecule has 3 rings (SSSR count). The van der Waals surface area contributed by atoms with Crippen LogP contribution in [0.2, 0.25) is 0 Å². The number of carbonyl (C=O) groups excluding carboxylic acids is 2. The maximum absolute atomic E-state index is 12.4. The van der Waals surface area contributed by atoms with Crippen LogP contribution in [-0.4, -0.2) is 31.1 Å². The van der Waals surface area contributed by atoms with Crippen LogP contribution < -0.4 is 15.4 Å². The van der Waals surface area contributed by atoms with Crippen LogP contribution in [0.15, 0.2) is 48.5 Å². The maximum atomic E-state index is 12.4. The van der Waals surface area contributed by atoms with Gasteiger partial charge in [-0.2, -0.15) is 0 Å². The number of hydrogen-bond donors (Lipinski definition) is 2. The molecular formula is C20H22N2O4. The zero-order chi connectivity index (χ0) is 18.4. The summed E-state index contributed by atoms with van der Waals surface area (Å²) in [7, 11) is 0. The predicted molar refractivity (Wildman–Crippen MR) is 99.6 cm³/mol. The molecule has 1 aliphatic rings. The fraction of sp³-hybridized carbons (Fsp3) is 0.300. The van der Waals surface area contributed by atoms with Crippen LogP contribution in [-0.2, 0) is 9.53 Å². The van der Waals surface area contributed by atoms with Crippen LogP contribution in [0.5, 0.6) is 5.75 Å². The van der Waals surface area contributed by atoms with Crippen molar-refractivity contribution in [1.82, 2.24) is 0 Å². The molecule has 0 saturated carbocycles. The van der Waals surface area contributed by atoms with E-state index in [0.29, 0.717) is 29.3 Å². The molecule has 6 nitrogen and oxygen atoms in total. The van der Waals surface area contributed by atoms with Crippen LogP contribution in [0.3, 0.4) is 0 Å². The fourth-order valence-corrected chi connectivity index (χ4v) is 2.74. The van der Waals surface area contributed by atoms with Gasteiger partial charge in [0.05, 0.1) is 6.10 Å². The van der Waals surface area contributed by atoms with Gasteiger partial charge in [0.25, 0.3) is 5.91 Å². The third-order valence-corrected chi connectivity index (χ3v) is 4.02. The molecule has 1 atom stereocenters. The first kappa shape index (κ1) is 17.9. The van der Waals surface area contributed by atoms with Crippen LogP contribution >= 0.6 is 0 Å². The van der Waals surface area contributed by atoms with Crippen LogP contribution in [0.1, 0.15) is 30.1 Å². The molecule has 2 N–H and O–H groups in total. The van der Waals surface area contributed by atoms with E-state index in [1.165, 1.54) is 6.92 Å². The van der Waals surface area contributed by atoms with Gasteiger partial charge in [-0.05, 0) is 55.3 Å². The van der Waals surface area contributed by atoms with Crippen molar-refractivity contribution in [3.63, 3.8) is 0 Å². The van der Waals surface area contributed by atoms with Gasteiger partial charge in [-0.3, -0.25) is 9.59 Å². The van der Waals surface area contributed by atoms with Gasteiger partial charge in [0, 0.05) is 30.5 Å². The SMILES string of the molecule is CC(=O)Nc1ccc(NC(=O)c2cccc(OCC3CCCO3)c2)cc1. The Morgan fingerprint density at radius 3 is 2.50 bits per heavy atom. The fourth-order valence-electron chi connectivity index (χ4n) is 2.74. The van der Waals surface area contributed by atoms with E-state index in [4.69, 9.17) is 9.47 Å². The average Bonchev–Trinajstić information content (AvgIpc) is 3.15. The summed E-state index contributed by atoms with van der Waals surface area (Å²) in [6, 6.07) is 14.0. The Balaban J connectivity index is 1.58. The molecule has 1 saturated heterocycles. The van der Waals surface area contributed by atoms with Crippen molar-refractivity contribution in [2.75, 3.05) is 23.8 Å². The van der Waals surface area contributed by atoms with Gasteiger partial charge in [-0.1, -0.05) is 6.07 Å². The molecule has 0 aliphatic carbocycles. The molecular weight excluding hydrogens is 332 g/mol. The second-order valence-corrected chi connectivity index (χ2v) is 6.19. The van der Waals surface area contributed by atoms with Crippen molar-refractivity contribution < 1.29 is 19.1 Å². The Morgan fingerprint density at radius 1 is 1.12 bits per heavy atom. The van der Waals surface area contributed by atoms with E-state index >= 15 is 0 Å². The van der Waals surface area contributed by atoms with Crippen molar-refractivity contribution in [3.8, 4) is 5.75 Å². The van der Waals surface area contributed by atoms with E-state index in [1.54, 1.807) is 42.5 Å². The molecule has 0 radical (unpaired) electrons. The number of carbonyl (C=O) groups is 2. The lowest BCUT2D eigenvalue weighted by Crippen LogP contribution is -2.17. The summed E-state index contributed by atoms with van der Waals surface area (Å²) in [6.45, 7) is 2.73. The van der Waals surface area contributed by atoms with Crippen molar-refractivity contribution in [2.24, 2.45) is 0 Å². The molecule has 0 bridgehead atoms. The average molecular weight is 354 g/mol. The molecule has 1 unspecified atom stereocenters. The summed E-state index contributed by atoms with van der Waals surface area (Å²) in [6.07, 6.45) is 2.21. The third-order valence-electron chi connectivity index (χ3n) is 4.02. The van der Waals surface area contributed by atoms with Gasteiger partial charge in [-0.25, -0.2) is 0 Å². The Kier molecular flexibility index (Phi) is 5.86. The number of nitrogens with one attached hydrogen (secondary N) is 2. The predicted octanol–water partition coefficient (Wildman–Crippen LogP) is 3.46. The highest BCUT2D eigenvalue weighted by Crippen LogP contribution is 2.19. The number of rotatable bonds is 6. The molecule has 2 amide bonds. The third kappa shape index (κ3) is 5.07. The molecule has 1 heterocycles. The van der Waals surface area contributed by atoms with Gasteiger partial charge < -0.3 is 20.1 Å². The van der Waals surface area contributed by atoms with E-state index in [-0.39, 0.29) is 17.9 Å². The van der Waals surface area contributed by atoms with Crippen molar-refractivity contribution in [3.05, 3.63) is 54.1 Å². The quantitative estimate of drug-likeness (QED) is 0.833. The highest BCUT2D eigenvalue weighted by molar-refractivity contribution is 6.04. The molecule has 136 valence electrons. The molecule has 6 heteroatoms. The molecule has 1 fully saturated rings. The highest BCUT2D eigenvalue weighted by atomic mass is 16.5. The monoisotopic (exact) mass is 354 g/mol. The Bertz CT molecular complexity index is 768. The smallest absolute Gasteiger partial charge is 0.255 e. The largest absolute Gasteiger partial charge is 0.491 e. The first-order valence-corrected chi connectivity index (χ1v) is 8.63. The normalized spacial score (nSPS) is 16.1. The highest BCUT2D eigenvalue weighted by Gasteiger charge is 2.16. The van der Waals surface area contributed by atoms with Crippen molar-refractivity contribution >= 4 is 23.2 Å². The second-order valence-electron chi connectivity index (χ2n) is 6.19. The minimum atomic E-state index is -0.222. The number of benzene rings is 2. The summed E-state index contributed by atoms with van der Waals surface area (Å²) in [5.41, 5.74) is 1.84. The minimum Gasteiger partial charge on any atom is -0.491 e. The van der Waals surface area contributed by atoms with Crippen LogP contribution in [0, 0.1) is 0 Å². The Hall–Kier alpha value is -2.86. The summed E-state index contributed by atoms with van der Waals surface area (Å²) < 4.78 is 11.3. The summed E-state index contributed by atoms with van der Waals surface area (Å²) in [4.78, 5) is 23.5. The molecule has 0 spiro atoms. The summed E-state index contributed by atoms with van der Waals surface area (Å²) in [5, 5.41) is 5.51. The van der Waals surface area contributed by atoms with Crippen LogP contribution in [0.4, 0.5) is 11.4 Å².